The third-order valence-electron chi connectivity index (χ3n) is 2.05. The van der Waals surface area contributed by atoms with Crippen LogP contribution in [-0.2, 0) is 4.74 Å². The molecule has 1 heterocycles. The fourth-order valence-corrected chi connectivity index (χ4v) is 1.63. The summed E-state index contributed by atoms with van der Waals surface area (Å²) in [6.07, 6.45) is 0. The highest BCUT2D eigenvalue weighted by Gasteiger charge is 2.14. The Morgan fingerprint density at radius 1 is 1.62 bits per heavy atom. The summed E-state index contributed by atoms with van der Waals surface area (Å²) >= 11 is 5.83. The molecule has 0 aliphatic rings. The lowest BCUT2D eigenvalue weighted by molar-refractivity contribution is 0.0514. The largest absolute Gasteiger partial charge is 0.460 e. The normalized spacial score (nSPS) is 10.6. The van der Waals surface area contributed by atoms with Crippen molar-refractivity contribution in [3.05, 3.63) is 23.0 Å². The van der Waals surface area contributed by atoms with Gasteiger partial charge in [-0.2, -0.15) is 0 Å². The molecule has 16 heavy (non-hydrogen) atoms. The zero-order chi connectivity index (χ0) is 11.7. The van der Waals surface area contributed by atoms with E-state index in [9.17, 15) is 4.79 Å². The molecule has 0 atom stereocenters. The first-order chi connectivity index (χ1) is 7.61. The van der Waals surface area contributed by atoms with Gasteiger partial charge in [0.15, 0.2) is 0 Å². The van der Waals surface area contributed by atoms with Crippen LogP contribution < -0.4 is 5.73 Å². The van der Waals surface area contributed by atoms with Gasteiger partial charge in [-0.25, -0.2) is 9.78 Å². The second kappa shape index (κ2) is 4.02. The fourth-order valence-electron chi connectivity index (χ4n) is 1.40. The molecule has 0 saturated carbocycles. The molecule has 0 aliphatic heterocycles. The van der Waals surface area contributed by atoms with Crippen LogP contribution >= 0.6 is 11.6 Å². The van der Waals surface area contributed by atoms with Crippen molar-refractivity contribution >= 4 is 34.3 Å². The Kier molecular flexibility index (Phi) is 2.70. The molecular weight excluding hydrogens is 230 g/mol. The second-order valence-corrected chi connectivity index (χ2v) is 3.63. The Morgan fingerprint density at radius 2 is 2.38 bits per heavy atom. The van der Waals surface area contributed by atoms with Crippen molar-refractivity contribution in [2.45, 2.75) is 6.92 Å². The third kappa shape index (κ3) is 1.81. The number of nitrogens with one attached hydrogen (secondary N) is 1. The monoisotopic (exact) mass is 239 g/mol. The smallest absolute Gasteiger partial charge is 0.374 e. The van der Waals surface area contributed by atoms with Gasteiger partial charge in [-0.05, 0) is 19.1 Å². The summed E-state index contributed by atoms with van der Waals surface area (Å²) in [7, 11) is 0. The summed E-state index contributed by atoms with van der Waals surface area (Å²) in [5, 5.41) is 0.490. The highest BCUT2D eigenvalue weighted by Crippen LogP contribution is 2.24. The van der Waals surface area contributed by atoms with Gasteiger partial charge < -0.3 is 15.5 Å². The van der Waals surface area contributed by atoms with Gasteiger partial charge in [0.1, 0.15) is 5.52 Å². The van der Waals surface area contributed by atoms with Crippen molar-refractivity contribution < 1.29 is 9.53 Å². The minimum Gasteiger partial charge on any atom is -0.460 e. The molecule has 3 N–H and O–H groups in total. The molecule has 6 heteroatoms. The van der Waals surface area contributed by atoms with Crippen molar-refractivity contribution in [3.8, 4) is 0 Å². The Morgan fingerprint density at radius 3 is 3.06 bits per heavy atom. The van der Waals surface area contributed by atoms with Crippen LogP contribution in [0.15, 0.2) is 12.1 Å². The number of anilines is 1. The summed E-state index contributed by atoms with van der Waals surface area (Å²) in [5.41, 5.74) is 7.29. The fraction of sp³-hybridized carbons (Fsp3) is 0.200. The topological polar surface area (TPSA) is 81.0 Å². The van der Waals surface area contributed by atoms with E-state index in [0.29, 0.717) is 28.4 Å². The van der Waals surface area contributed by atoms with Crippen molar-refractivity contribution in [3.63, 3.8) is 0 Å². The number of ether oxygens (including phenoxy) is 1. The number of aromatic nitrogens is 2. The van der Waals surface area contributed by atoms with Crippen LogP contribution in [-0.4, -0.2) is 22.5 Å². The number of hydrogen-bond donors (Lipinski definition) is 2. The number of aromatic amines is 1. The molecule has 0 radical (unpaired) electrons. The lowest BCUT2D eigenvalue weighted by Gasteiger charge is -1.95. The number of esters is 1. The average molecular weight is 240 g/mol. The highest BCUT2D eigenvalue weighted by atomic mass is 35.5. The van der Waals surface area contributed by atoms with E-state index < -0.39 is 5.97 Å². The predicted molar refractivity (Wildman–Crippen MR) is 61.5 cm³/mol. The number of benzene rings is 1. The number of nitrogen functional groups attached to an aromatic ring is 1. The van der Waals surface area contributed by atoms with Crippen molar-refractivity contribution in [2.24, 2.45) is 0 Å². The molecule has 2 aromatic rings. The quantitative estimate of drug-likeness (QED) is 0.620. The first kappa shape index (κ1) is 10.8. The Hall–Kier alpha value is -1.75. The maximum Gasteiger partial charge on any atom is 0.374 e. The number of imidazole rings is 1. The van der Waals surface area contributed by atoms with E-state index in [1.54, 1.807) is 19.1 Å². The van der Waals surface area contributed by atoms with Crippen LogP contribution in [0.2, 0.25) is 5.02 Å². The maximum atomic E-state index is 11.4. The number of nitrogens with two attached hydrogens (primary N) is 1. The Labute approximate surface area is 96.6 Å². The molecule has 0 amide bonds. The number of H-pyrrole nitrogens is 1. The van der Waals surface area contributed by atoms with Gasteiger partial charge in [0.05, 0.1) is 17.8 Å². The maximum absolute atomic E-state index is 11.4. The number of nitrogens with zero attached hydrogens (tertiary/aromatic N) is 1. The van der Waals surface area contributed by atoms with E-state index in [1.807, 2.05) is 0 Å². The van der Waals surface area contributed by atoms with E-state index in [2.05, 4.69) is 9.97 Å². The molecule has 0 bridgehead atoms. The summed E-state index contributed by atoms with van der Waals surface area (Å²) in [5.74, 6) is -0.375. The van der Waals surface area contributed by atoms with Crippen LogP contribution in [0.5, 0.6) is 0 Å². The molecule has 84 valence electrons. The van der Waals surface area contributed by atoms with Crippen LogP contribution in [0.25, 0.3) is 11.0 Å². The molecule has 0 unspecified atom stereocenters. The molecule has 0 spiro atoms. The van der Waals surface area contributed by atoms with Crippen LogP contribution in [0.3, 0.4) is 0 Å². The number of rotatable bonds is 2. The van der Waals surface area contributed by atoms with E-state index in [-0.39, 0.29) is 5.82 Å². The summed E-state index contributed by atoms with van der Waals surface area (Å²) in [4.78, 5) is 18.3. The SMILES string of the molecule is CCOC(=O)c1nc2c(N)cc(Cl)cc2[nH]1. The summed E-state index contributed by atoms with van der Waals surface area (Å²) < 4.78 is 4.82. The predicted octanol–water partition coefficient (Wildman–Crippen LogP) is 1.98. The van der Waals surface area contributed by atoms with Crippen LogP contribution in [0, 0.1) is 0 Å². The van der Waals surface area contributed by atoms with Gasteiger partial charge in [0.25, 0.3) is 0 Å². The summed E-state index contributed by atoms with van der Waals surface area (Å²) in [6.45, 7) is 2.03. The third-order valence-corrected chi connectivity index (χ3v) is 2.27. The van der Waals surface area contributed by atoms with Gasteiger partial charge in [0.2, 0.25) is 5.82 Å². The lowest BCUT2D eigenvalue weighted by atomic mass is 10.3. The number of halogens is 1. The molecule has 1 aromatic heterocycles. The lowest BCUT2D eigenvalue weighted by Crippen LogP contribution is -2.06. The first-order valence-corrected chi connectivity index (χ1v) is 5.11. The van der Waals surface area contributed by atoms with Crippen LogP contribution in [0.1, 0.15) is 17.5 Å². The zero-order valence-corrected chi connectivity index (χ0v) is 9.34. The standard InChI is InChI=1S/C10H10ClN3O2/c1-2-16-10(15)9-13-7-4-5(11)3-6(12)8(7)14-9/h3-4H,2,12H2,1H3,(H,13,14). The molecule has 1 aromatic carbocycles. The van der Waals surface area contributed by atoms with E-state index >= 15 is 0 Å². The minimum atomic E-state index is -0.505. The number of fused-ring (bicyclic) bond motifs is 1. The van der Waals surface area contributed by atoms with Gasteiger partial charge in [-0.15, -0.1) is 0 Å². The number of carbonyl (C=O) groups excluding carboxylic acids is 1. The van der Waals surface area contributed by atoms with Gasteiger partial charge in [-0.1, -0.05) is 11.6 Å². The van der Waals surface area contributed by atoms with E-state index in [4.69, 9.17) is 22.1 Å². The van der Waals surface area contributed by atoms with Crippen molar-refractivity contribution in [1.29, 1.82) is 0 Å². The van der Waals surface area contributed by atoms with E-state index in [1.165, 1.54) is 0 Å². The number of carbonyl (C=O) groups is 1. The second-order valence-electron chi connectivity index (χ2n) is 3.20. The van der Waals surface area contributed by atoms with Gasteiger partial charge >= 0.3 is 5.97 Å². The average Bonchev–Trinajstić information content (AvgIpc) is 2.62. The molecule has 2 rings (SSSR count). The molecule has 5 nitrogen and oxygen atoms in total. The molecule has 0 aliphatic carbocycles. The first-order valence-electron chi connectivity index (χ1n) is 4.73. The molecule has 0 saturated heterocycles. The Bertz CT molecular complexity index is 550. The van der Waals surface area contributed by atoms with Crippen molar-refractivity contribution in [1.82, 2.24) is 9.97 Å². The highest BCUT2D eigenvalue weighted by molar-refractivity contribution is 6.31. The van der Waals surface area contributed by atoms with Crippen molar-refractivity contribution in [2.75, 3.05) is 12.3 Å². The van der Waals surface area contributed by atoms with Crippen LogP contribution in [0.4, 0.5) is 5.69 Å². The Balaban J connectivity index is 2.51. The molecule has 0 fully saturated rings. The van der Waals surface area contributed by atoms with Gasteiger partial charge in [-0.3, -0.25) is 0 Å². The number of hydrogen-bond acceptors (Lipinski definition) is 4. The zero-order valence-electron chi connectivity index (χ0n) is 8.58. The van der Waals surface area contributed by atoms with Gasteiger partial charge in [0, 0.05) is 5.02 Å². The molecular formula is C10H10ClN3O2. The summed E-state index contributed by atoms with van der Waals surface area (Å²) in [6, 6.07) is 3.24. The minimum absolute atomic E-state index is 0.130. The van der Waals surface area contributed by atoms with E-state index in [0.717, 1.165) is 0 Å².